The quantitative estimate of drug-likeness (QED) is 0.573. The molecule has 0 unspecified atom stereocenters. The van der Waals surface area contributed by atoms with E-state index in [0.717, 1.165) is 47.8 Å². The van der Waals surface area contributed by atoms with Gasteiger partial charge in [-0.25, -0.2) is 21.2 Å². The minimum Gasteiger partial charge on any atom is -0.351 e. The van der Waals surface area contributed by atoms with Gasteiger partial charge >= 0.3 is 0 Å². The third-order valence-electron chi connectivity index (χ3n) is 5.49. The number of amides is 1. The largest absolute Gasteiger partial charge is 0.351 e. The minimum absolute atomic E-state index is 0.0657. The SMILES string of the molecule is CCN(CC(=O)NCc1ccc(S(=O)(=O)N2CCCCC2)cc1)S(=O)(=O)c1ccc(F)cc1. The van der Waals surface area contributed by atoms with Crippen LogP contribution >= 0.6 is 0 Å². The van der Waals surface area contributed by atoms with Gasteiger partial charge in [0.15, 0.2) is 0 Å². The number of piperidine rings is 1. The number of carbonyl (C=O) groups is 1. The van der Waals surface area contributed by atoms with Crippen LogP contribution in [0.5, 0.6) is 0 Å². The number of halogens is 1. The van der Waals surface area contributed by atoms with E-state index in [-0.39, 0.29) is 22.9 Å². The topological polar surface area (TPSA) is 104 Å². The number of benzene rings is 2. The van der Waals surface area contributed by atoms with Crippen molar-refractivity contribution in [3.63, 3.8) is 0 Å². The Morgan fingerprint density at radius 3 is 2.09 bits per heavy atom. The van der Waals surface area contributed by atoms with Gasteiger partial charge in [-0.05, 0) is 54.8 Å². The summed E-state index contributed by atoms with van der Waals surface area (Å²) in [6, 6.07) is 10.7. The fourth-order valence-electron chi connectivity index (χ4n) is 3.57. The van der Waals surface area contributed by atoms with Crippen LogP contribution in [0.3, 0.4) is 0 Å². The molecule has 1 aliphatic rings. The highest BCUT2D eigenvalue weighted by molar-refractivity contribution is 7.89. The third kappa shape index (κ3) is 6.17. The van der Waals surface area contributed by atoms with Gasteiger partial charge in [-0.15, -0.1) is 0 Å². The molecule has 180 valence electrons. The van der Waals surface area contributed by atoms with E-state index in [1.807, 2.05) is 0 Å². The van der Waals surface area contributed by atoms with Crippen molar-refractivity contribution in [3.05, 3.63) is 59.9 Å². The molecular formula is C22H28FN3O5S2. The summed E-state index contributed by atoms with van der Waals surface area (Å²) in [5, 5.41) is 2.65. The van der Waals surface area contributed by atoms with Crippen LogP contribution in [0.15, 0.2) is 58.3 Å². The molecule has 0 spiro atoms. The van der Waals surface area contributed by atoms with Gasteiger partial charge in [0.2, 0.25) is 26.0 Å². The van der Waals surface area contributed by atoms with Gasteiger partial charge in [0.1, 0.15) is 5.82 Å². The van der Waals surface area contributed by atoms with Crippen LogP contribution in [-0.2, 0) is 31.4 Å². The smallest absolute Gasteiger partial charge is 0.243 e. The van der Waals surface area contributed by atoms with Crippen LogP contribution in [0, 0.1) is 5.82 Å². The van der Waals surface area contributed by atoms with Crippen molar-refractivity contribution < 1.29 is 26.0 Å². The van der Waals surface area contributed by atoms with Crippen molar-refractivity contribution in [2.24, 2.45) is 0 Å². The number of carbonyl (C=O) groups excluding carboxylic acids is 1. The van der Waals surface area contributed by atoms with E-state index in [9.17, 15) is 26.0 Å². The Morgan fingerprint density at radius 2 is 1.52 bits per heavy atom. The summed E-state index contributed by atoms with van der Waals surface area (Å²) in [4.78, 5) is 12.5. The fourth-order valence-corrected chi connectivity index (χ4v) is 6.50. The molecule has 0 saturated carbocycles. The molecule has 1 amide bonds. The third-order valence-corrected chi connectivity index (χ3v) is 9.34. The number of hydrogen-bond acceptors (Lipinski definition) is 5. The highest BCUT2D eigenvalue weighted by Crippen LogP contribution is 2.21. The molecule has 1 fully saturated rings. The highest BCUT2D eigenvalue weighted by Gasteiger charge is 2.26. The lowest BCUT2D eigenvalue weighted by Crippen LogP contribution is -2.40. The summed E-state index contributed by atoms with van der Waals surface area (Å²) in [5.41, 5.74) is 0.686. The lowest BCUT2D eigenvalue weighted by atomic mass is 10.2. The van der Waals surface area contributed by atoms with Gasteiger partial charge in [-0.3, -0.25) is 4.79 Å². The summed E-state index contributed by atoms with van der Waals surface area (Å²) >= 11 is 0. The van der Waals surface area contributed by atoms with Crippen molar-refractivity contribution in [1.82, 2.24) is 13.9 Å². The number of nitrogens with one attached hydrogen (secondary N) is 1. The Bertz CT molecular complexity index is 1160. The molecule has 1 saturated heterocycles. The van der Waals surface area contributed by atoms with Crippen molar-refractivity contribution in [2.75, 3.05) is 26.2 Å². The Labute approximate surface area is 194 Å². The monoisotopic (exact) mass is 497 g/mol. The molecule has 1 aliphatic heterocycles. The molecule has 2 aromatic carbocycles. The summed E-state index contributed by atoms with van der Waals surface area (Å²) in [6.07, 6.45) is 2.75. The molecule has 33 heavy (non-hydrogen) atoms. The second-order valence-electron chi connectivity index (χ2n) is 7.77. The number of likely N-dealkylation sites (N-methyl/N-ethyl adjacent to an activating group) is 1. The molecule has 1 heterocycles. The van der Waals surface area contributed by atoms with Crippen molar-refractivity contribution in [3.8, 4) is 0 Å². The molecule has 3 rings (SSSR count). The average Bonchev–Trinajstić information content (AvgIpc) is 2.82. The number of hydrogen-bond donors (Lipinski definition) is 1. The van der Waals surface area contributed by atoms with Gasteiger partial charge in [-0.1, -0.05) is 25.5 Å². The van der Waals surface area contributed by atoms with E-state index in [2.05, 4.69) is 5.32 Å². The molecule has 0 aromatic heterocycles. The molecule has 1 N–H and O–H groups in total. The molecule has 8 nitrogen and oxygen atoms in total. The number of nitrogens with zero attached hydrogens (tertiary/aromatic N) is 2. The first-order valence-corrected chi connectivity index (χ1v) is 13.6. The normalized spacial score (nSPS) is 15.5. The number of sulfonamides is 2. The molecule has 0 bridgehead atoms. The van der Waals surface area contributed by atoms with Crippen LogP contribution in [-0.4, -0.2) is 57.5 Å². The zero-order valence-corrected chi connectivity index (χ0v) is 20.0. The van der Waals surface area contributed by atoms with Crippen LogP contribution in [0.2, 0.25) is 0 Å². The van der Waals surface area contributed by atoms with Gasteiger partial charge in [0, 0.05) is 26.2 Å². The first kappa shape index (κ1) is 25.3. The molecular weight excluding hydrogens is 469 g/mol. The summed E-state index contributed by atoms with van der Waals surface area (Å²) < 4.78 is 66.5. The van der Waals surface area contributed by atoms with Gasteiger partial charge in [-0.2, -0.15) is 8.61 Å². The zero-order chi connectivity index (χ0) is 24.1. The molecule has 0 radical (unpaired) electrons. The first-order chi connectivity index (χ1) is 15.6. The van der Waals surface area contributed by atoms with E-state index < -0.39 is 38.3 Å². The Balaban J connectivity index is 1.59. The maximum absolute atomic E-state index is 13.1. The van der Waals surface area contributed by atoms with Crippen LogP contribution in [0.1, 0.15) is 31.7 Å². The number of rotatable bonds is 9. The second kappa shape index (κ2) is 10.7. The van der Waals surface area contributed by atoms with E-state index in [4.69, 9.17) is 0 Å². The second-order valence-corrected chi connectivity index (χ2v) is 11.6. The summed E-state index contributed by atoms with van der Waals surface area (Å²) in [5.74, 6) is -1.06. The lowest BCUT2D eigenvalue weighted by molar-refractivity contribution is -0.121. The van der Waals surface area contributed by atoms with Gasteiger partial charge in [0.05, 0.1) is 16.3 Å². The maximum Gasteiger partial charge on any atom is 0.243 e. The summed E-state index contributed by atoms with van der Waals surface area (Å²) in [6.45, 7) is 2.45. The maximum atomic E-state index is 13.1. The summed E-state index contributed by atoms with van der Waals surface area (Å²) in [7, 11) is -7.47. The Kier molecular flexibility index (Phi) is 8.22. The first-order valence-electron chi connectivity index (χ1n) is 10.8. The predicted octanol–water partition coefficient (Wildman–Crippen LogP) is 2.33. The fraction of sp³-hybridized carbons (Fsp3) is 0.409. The van der Waals surface area contributed by atoms with Crippen LogP contribution in [0.4, 0.5) is 4.39 Å². The van der Waals surface area contributed by atoms with Crippen molar-refractivity contribution in [2.45, 2.75) is 42.5 Å². The molecule has 0 aliphatic carbocycles. The van der Waals surface area contributed by atoms with Crippen LogP contribution < -0.4 is 5.32 Å². The Hall–Kier alpha value is -2.34. The van der Waals surface area contributed by atoms with Gasteiger partial charge in [0.25, 0.3) is 0 Å². The minimum atomic E-state index is -3.94. The lowest BCUT2D eigenvalue weighted by Gasteiger charge is -2.25. The highest BCUT2D eigenvalue weighted by atomic mass is 32.2. The average molecular weight is 498 g/mol. The van der Waals surface area contributed by atoms with Crippen molar-refractivity contribution in [1.29, 1.82) is 0 Å². The van der Waals surface area contributed by atoms with E-state index in [1.165, 1.54) is 16.4 Å². The van der Waals surface area contributed by atoms with Gasteiger partial charge < -0.3 is 5.32 Å². The van der Waals surface area contributed by atoms with Crippen molar-refractivity contribution >= 4 is 26.0 Å². The van der Waals surface area contributed by atoms with E-state index in [0.29, 0.717) is 18.7 Å². The Morgan fingerprint density at radius 1 is 0.939 bits per heavy atom. The molecule has 2 aromatic rings. The standard InChI is InChI=1S/C22H28FN3O5S2/c1-2-25(32(28,29)21-12-8-19(23)9-13-21)17-22(27)24-16-18-6-10-20(11-7-18)33(30,31)26-14-4-3-5-15-26/h6-13H,2-5,14-17H2,1H3,(H,24,27). The predicted molar refractivity (Wildman–Crippen MR) is 122 cm³/mol. The zero-order valence-electron chi connectivity index (χ0n) is 18.4. The molecule has 0 atom stereocenters. The van der Waals surface area contributed by atoms with Crippen LogP contribution in [0.25, 0.3) is 0 Å². The van der Waals surface area contributed by atoms with E-state index >= 15 is 0 Å². The van der Waals surface area contributed by atoms with E-state index in [1.54, 1.807) is 19.1 Å². The molecule has 11 heteroatoms.